The largest absolute Gasteiger partial charge is 0.491 e. The summed E-state index contributed by atoms with van der Waals surface area (Å²) < 4.78 is 16.7. The monoisotopic (exact) mass is 424 g/mol. The van der Waals surface area contributed by atoms with E-state index in [4.69, 9.17) is 14.2 Å². The summed E-state index contributed by atoms with van der Waals surface area (Å²) in [7, 11) is 0. The fourth-order valence-corrected chi connectivity index (χ4v) is 3.01. The van der Waals surface area contributed by atoms with Gasteiger partial charge in [0.25, 0.3) is 0 Å². The zero-order valence-electron chi connectivity index (χ0n) is 19.0. The van der Waals surface area contributed by atoms with Crippen molar-refractivity contribution in [2.75, 3.05) is 6.61 Å². The van der Waals surface area contributed by atoms with E-state index in [9.17, 15) is 9.59 Å². The van der Waals surface area contributed by atoms with E-state index in [0.29, 0.717) is 12.0 Å². The lowest BCUT2D eigenvalue weighted by Gasteiger charge is -2.27. The molecule has 0 fully saturated rings. The summed E-state index contributed by atoms with van der Waals surface area (Å²) in [5.41, 5.74) is 2.18. The molecule has 31 heavy (non-hydrogen) atoms. The van der Waals surface area contributed by atoms with Crippen LogP contribution in [0.1, 0.15) is 52.2 Å². The second-order valence-electron chi connectivity index (χ2n) is 8.06. The topological polar surface area (TPSA) is 61.8 Å². The van der Waals surface area contributed by atoms with Crippen molar-refractivity contribution in [2.45, 2.75) is 58.7 Å². The number of hydrogen-bond donors (Lipinski definition) is 0. The number of allylic oxidation sites excluding steroid dienone is 1. The molecule has 5 nitrogen and oxygen atoms in total. The average Bonchev–Trinajstić information content (AvgIpc) is 2.77. The molecule has 5 heteroatoms. The SMILES string of the molecule is CCC(C)Oc1ccc(C(C)(C)c2ccc(OC(C)COC(=O)/C=C/C=O)cc2)cc1. The second kappa shape index (κ2) is 11.3. The first-order valence-corrected chi connectivity index (χ1v) is 10.6. The maximum atomic E-state index is 11.4. The molecule has 0 amide bonds. The smallest absolute Gasteiger partial charge is 0.330 e. The highest BCUT2D eigenvalue weighted by atomic mass is 16.6. The van der Waals surface area contributed by atoms with Gasteiger partial charge in [0.05, 0.1) is 6.10 Å². The Hall–Kier alpha value is -3.08. The summed E-state index contributed by atoms with van der Waals surface area (Å²) >= 11 is 0. The summed E-state index contributed by atoms with van der Waals surface area (Å²) in [6.45, 7) is 10.5. The lowest BCUT2D eigenvalue weighted by Crippen LogP contribution is -2.21. The Morgan fingerprint density at radius 2 is 1.39 bits per heavy atom. The van der Waals surface area contributed by atoms with Crippen molar-refractivity contribution >= 4 is 12.3 Å². The fraction of sp³-hybridized carbons (Fsp3) is 0.385. The van der Waals surface area contributed by atoms with Crippen molar-refractivity contribution in [1.82, 2.24) is 0 Å². The van der Waals surface area contributed by atoms with Gasteiger partial charge in [0.2, 0.25) is 0 Å². The Kier molecular flexibility index (Phi) is 8.86. The van der Waals surface area contributed by atoms with Crippen LogP contribution in [-0.2, 0) is 19.7 Å². The minimum atomic E-state index is -0.569. The first-order chi connectivity index (χ1) is 14.8. The van der Waals surface area contributed by atoms with Crippen molar-refractivity contribution < 1.29 is 23.8 Å². The van der Waals surface area contributed by atoms with Crippen molar-refractivity contribution in [3.05, 3.63) is 71.8 Å². The number of aldehydes is 1. The normalized spacial score (nSPS) is 13.5. The maximum Gasteiger partial charge on any atom is 0.330 e. The highest BCUT2D eigenvalue weighted by molar-refractivity contribution is 5.86. The van der Waals surface area contributed by atoms with Gasteiger partial charge < -0.3 is 14.2 Å². The first kappa shape index (κ1) is 24.2. The van der Waals surface area contributed by atoms with E-state index in [1.54, 1.807) is 0 Å². The molecule has 0 aliphatic carbocycles. The van der Waals surface area contributed by atoms with E-state index in [1.807, 2.05) is 43.3 Å². The number of hydrogen-bond acceptors (Lipinski definition) is 5. The van der Waals surface area contributed by atoms with Crippen molar-refractivity contribution in [3.8, 4) is 11.5 Å². The molecule has 2 atom stereocenters. The number of benzene rings is 2. The number of carbonyl (C=O) groups is 2. The van der Waals surface area contributed by atoms with Gasteiger partial charge in [-0.15, -0.1) is 0 Å². The third kappa shape index (κ3) is 7.28. The van der Waals surface area contributed by atoms with Crippen LogP contribution in [-0.4, -0.2) is 31.1 Å². The molecule has 2 unspecified atom stereocenters. The van der Waals surface area contributed by atoms with Crippen LogP contribution in [0.3, 0.4) is 0 Å². The molecule has 2 aromatic rings. The third-order valence-electron chi connectivity index (χ3n) is 5.17. The fourth-order valence-electron chi connectivity index (χ4n) is 3.01. The lowest BCUT2D eigenvalue weighted by molar-refractivity contribution is -0.140. The standard InChI is InChI=1S/C26H32O5/c1-6-19(2)30-23-13-9-21(10-14-23)26(4,5)22-11-15-24(16-12-22)31-20(3)18-29-25(28)8-7-17-27/h7-17,19-20H,6,18H2,1-5H3/b8-7+. The highest BCUT2D eigenvalue weighted by Crippen LogP contribution is 2.33. The molecule has 0 N–H and O–H groups in total. The molecule has 0 spiro atoms. The minimum absolute atomic E-state index is 0.0976. The number of esters is 1. The van der Waals surface area contributed by atoms with E-state index < -0.39 is 5.97 Å². The van der Waals surface area contributed by atoms with Gasteiger partial charge in [-0.25, -0.2) is 4.79 Å². The van der Waals surface area contributed by atoms with Gasteiger partial charge in [0.1, 0.15) is 30.5 Å². The van der Waals surface area contributed by atoms with Gasteiger partial charge >= 0.3 is 5.97 Å². The molecule has 0 aliphatic rings. The Labute approximate surface area is 185 Å². The Bertz CT molecular complexity index is 866. The van der Waals surface area contributed by atoms with E-state index >= 15 is 0 Å². The Balaban J connectivity index is 1.98. The molecule has 2 aromatic carbocycles. The Morgan fingerprint density at radius 3 is 1.84 bits per heavy atom. The summed E-state index contributed by atoms with van der Waals surface area (Å²) in [5, 5.41) is 0. The maximum absolute atomic E-state index is 11.4. The summed E-state index contributed by atoms with van der Waals surface area (Å²) in [4.78, 5) is 21.6. The quantitative estimate of drug-likeness (QED) is 0.280. The molecular formula is C26H32O5. The molecule has 0 radical (unpaired) electrons. The van der Waals surface area contributed by atoms with Gasteiger partial charge in [0.15, 0.2) is 0 Å². The van der Waals surface area contributed by atoms with Gasteiger partial charge in [-0.3, -0.25) is 4.79 Å². The van der Waals surface area contributed by atoms with Crippen molar-refractivity contribution in [2.24, 2.45) is 0 Å². The summed E-state index contributed by atoms with van der Waals surface area (Å²) in [5.74, 6) is 1.01. The van der Waals surface area contributed by atoms with E-state index in [1.165, 1.54) is 5.56 Å². The Morgan fingerprint density at radius 1 is 0.903 bits per heavy atom. The summed E-state index contributed by atoms with van der Waals surface area (Å²) in [6.07, 6.45) is 3.56. The molecule has 0 bridgehead atoms. The van der Waals surface area contributed by atoms with E-state index in [2.05, 4.69) is 39.8 Å². The second-order valence-corrected chi connectivity index (χ2v) is 8.06. The number of rotatable bonds is 11. The van der Waals surface area contributed by atoms with Crippen LogP contribution in [0.25, 0.3) is 0 Å². The predicted octanol–water partition coefficient (Wildman–Crippen LogP) is 5.26. The molecule has 0 aliphatic heterocycles. The van der Waals surface area contributed by atoms with Crippen LogP contribution in [0.2, 0.25) is 0 Å². The molecule has 0 saturated heterocycles. The van der Waals surface area contributed by atoms with Crippen molar-refractivity contribution in [1.29, 1.82) is 0 Å². The lowest BCUT2D eigenvalue weighted by atomic mass is 9.78. The molecule has 0 saturated carbocycles. The van der Waals surface area contributed by atoms with Gasteiger partial charge in [-0.05, 0) is 61.7 Å². The number of carbonyl (C=O) groups excluding carboxylic acids is 2. The highest BCUT2D eigenvalue weighted by Gasteiger charge is 2.23. The zero-order valence-corrected chi connectivity index (χ0v) is 19.0. The average molecular weight is 425 g/mol. The van der Waals surface area contributed by atoms with Crippen LogP contribution >= 0.6 is 0 Å². The minimum Gasteiger partial charge on any atom is -0.491 e. The van der Waals surface area contributed by atoms with Crippen LogP contribution in [0.15, 0.2) is 60.7 Å². The van der Waals surface area contributed by atoms with Crippen LogP contribution in [0.4, 0.5) is 0 Å². The van der Waals surface area contributed by atoms with Crippen LogP contribution in [0.5, 0.6) is 11.5 Å². The van der Waals surface area contributed by atoms with E-state index in [-0.39, 0.29) is 24.2 Å². The molecular weight excluding hydrogens is 392 g/mol. The molecule has 0 heterocycles. The molecule has 2 rings (SSSR count). The predicted molar refractivity (Wildman–Crippen MR) is 122 cm³/mol. The first-order valence-electron chi connectivity index (χ1n) is 10.6. The molecule has 0 aromatic heterocycles. The van der Waals surface area contributed by atoms with Crippen molar-refractivity contribution in [3.63, 3.8) is 0 Å². The van der Waals surface area contributed by atoms with Gasteiger partial charge in [-0.1, -0.05) is 45.0 Å². The number of ether oxygens (including phenoxy) is 3. The van der Waals surface area contributed by atoms with Gasteiger partial charge in [-0.2, -0.15) is 0 Å². The zero-order chi connectivity index (χ0) is 22.9. The third-order valence-corrected chi connectivity index (χ3v) is 5.17. The molecule has 166 valence electrons. The van der Waals surface area contributed by atoms with Crippen LogP contribution in [0, 0.1) is 0 Å². The van der Waals surface area contributed by atoms with Crippen LogP contribution < -0.4 is 9.47 Å². The van der Waals surface area contributed by atoms with E-state index in [0.717, 1.165) is 29.9 Å². The van der Waals surface area contributed by atoms with Gasteiger partial charge in [0, 0.05) is 11.5 Å². The summed E-state index contributed by atoms with van der Waals surface area (Å²) in [6, 6.07) is 16.2.